The third-order valence-corrected chi connectivity index (χ3v) is 5.42. The van der Waals surface area contributed by atoms with E-state index in [0.717, 1.165) is 37.5 Å². The summed E-state index contributed by atoms with van der Waals surface area (Å²) in [7, 11) is 0. The molecule has 0 amide bonds. The lowest BCUT2D eigenvalue weighted by Crippen LogP contribution is -2.52. The predicted molar refractivity (Wildman–Crippen MR) is 85.9 cm³/mol. The van der Waals surface area contributed by atoms with Gasteiger partial charge < -0.3 is 4.74 Å². The molecule has 3 nitrogen and oxygen atoms in total. The van der Waals surface area contributed by atoms with Gasteiger partial charge in [-0.1, -0.05) is 13.8 Å². The number of rotatable bonds is 4. The maximum atomic E-state index is 9.62. The molecule has 0 heterocycles. The van der Waals surface area contributed by atoms with Crippen LogP contribution >= 0.6 is 0 Å². The maximum Gasteiger partial charge on any atom is 0.109 e. The van der Waals surface area contributed by atoms with Crippen molar-refractivity contribution in [2.45, 2.75) is 96.4 Å². The van der Waals surface area contributed by atoms with E-state index in [1.165, 1.54) is 19.3 Å². The first-order chi connectivity index (χ1) is 9.94. The lowest BCUT2D eigenvalue weighted by atomic mass is 9.78. The van der Waals surface area contributed by atoms with Crippen LogP contribution in [0.1, 0.15) is 72.6 Å². The summed E-state index contributed by atoms with van der Waals surface area (Å²) in [5.74, 6) is 1.60. The second-order valence-electron chi connectivity index (χ2n) is 7.74. The molecule has 0 radical (unpaired) electrons. The molecular formula is C18H32N2O. The van der Waals surface area contributed by atoms with Gasteiger partial charge >= 0.3 is 0 Å². The van der Waals surface area contributed by atoms with E-state index in [2.05, 4.69) is 39.1 Å². The van der Waals surface area contributed by atoms with Crippen molar-refractivity contribution in [1.82, 2.24) is 5.32 Å². The Labute approximate surface area is 130 Å². The van der Waals surface area contributed by atoms with E-state index in [-0.39, 0.29) is 11.6 Å². The topological polar surface area (TPSA) is 45.0 Å². The Morgan fingerprint density at radius 3 is 2.52 bits per heavy atom. The Bertz CT molecular complexity index is 376. The monoisotopic (exact) mass is 292 g/mol. The average molecular weight is 292 g/mol. The van der Waals surface area contributed by atoms with Crippen molar-refractivity contribution in [3.05, 3.63) is 0 Å². The largest absolute Gasteiger partial charge is 0.375 e. The van der Waals surface area contributed by atoms with Gasteiger partial charge in [0.25, 0.3) is 0 Å². The van der Waals surface area contributed by atoms with Gasteiger partial charge in [-0.25, -0.2) is 0 Å². The van der Waals surface area contributed by atoms with Crippen LogP contribution in [0.4, 0.5) is 0 Å². The molecule has 2 aliphatic rings. The Morgan fingerprint density at radius 2 is 1.90 bits per heavy atom. The second-order valence-corrected chi connectivity index (χ2v) is 7.74. The first-order valence-corrected chi connectivity index (χ1v) is 8.78. The van der Waals surface area contributed by atoms with Gasteiger partial charge in [0, 0.05) is 12.5 Å². The molecular weight excluding hydrogens is 260 g/mol. The zero-order valence-corrected chi connectivity index (χ0v) is 14.2. The van der Waals surface area contributed by atoms with Crippen LogP contribution in [0, 0.1) is 23.2 Å². The zero-order chi connectivity index (χ0) is 15.5. The minimum Gasteiger partial charge on any atom is -0.375 e. The number of hydrogen-bond acceptors (Lipinski definition) is 3. The van der Waals surface area contributed by atoms with Crippen LogP contribution in [0.5, 0.6) is 0 Å². The number of nitriles is 1. The quantitative estimate of drug-likeness (QED) is 0.851. The van der Waals surface area contributed by atoms with Crippen molar-refractivity contribution < 1.29 is 4.74 Å². The molecule has 2 fully saturated rings. The molecule has 0 spiro atoms. The Balaban J connectivity index is 1.90. The molecule has 5 unspecified atom stereocenters. The molecule has 0 aromatic heterocycles. The molecule has 1 N–H and O–H groups in total. The second kappa shape index (κ2) is 7.11. The van der Waals surface area contributed by atoms with Crippen molar-refractivity contribution in [2.75, 3.05) is 0 Å². The number of nitrogens with one attached hydrogen (secondary N) is 1. The smallest absolute Gasteiger partial charge is 0.109 e. The van der Waals surface area contributed by atoms with E-state index in [1.807, 2.05) is 0 Å². The summed E-state index contributed by atoms with van der Waals surface area (Å²) in [6.07, 6.45) is 8.35. The molecule has 2 rings (SSSR count). The van der Waals surface area contributed by atoms with E-state index in [0.29, 0.717) is 12.1 Å². The first-order valence-electron chi connectivity index (χ1n) is 8.78. The van der Waals surface area contributed by atoms with E-state index in [9.17, 15) is 5.26 Å². The summed E-state index contributed by atoms with van der Waals surface area (Å²) < 4.78 is 6.40. The predicted octanol–water partition coefficient (Wildman–Crippen LogP) is 4.03. The van der Waals surface area contributed by atoms with Crippen molar-refractivity contribution in [2.24, 2.45) is 11.8 Å². The number of nitrogens with zero attached hydrogens (tertiary/aromatic N) is 1. The molecule has 0 aliphatic heterocycles. The molecule has 0 saturated heterocycles. The van der Waals surface area contributed by atoms with E-state index < -0.39 is 0 Å². The molecule has 2 aliphatic carbocycles. The molecule has 0 aromatic rings. The van der Waals surface area contributed by atoms with Crippen molar-refractivity contribution in [3.63, 3.8) is 0 Å². The standard InChI is InChI=1S/C18H32N2O/c1-13(2)20-18(12-19)9-5-6-17(11-18)21-16-8-7-14(3)15(4)10-16/h13-17,20H,5-11H2,1-4H3. The first kappa shape index (κ1) is 16.8. The Hall–Kier alpha value is -0.590. The molecule has 120 valence electrons. The summed E-state index contributed by atoms with van der Waals surface area (Å²) in [6.45, 7) is 8.94. The van der Waals surface area contributed by atoms with Crippen LogP contribution in [0.15, 0.2) is 0 Å². The Morgan fingerprint density at radius 1 is 1.14 bits per heavy atom. The van der Waals surface area contributed by atoms with Gasteiger partial charge in [0.1, 0.15) is 5.54 Å². The van der Waals surface area contributed by atoms with Crippen molar-refractivity contribution in [3.8, 4) is 6.07 Å². The molecule has 3 heteroatoms. The SMILES string of the molecule is CC(C)NC1(C#N)CCCC(OC2CCC(C)C(C)C2)C1. The van der Waals surface area contributed by atoms with Gasteiger partial charge in [-0.15, -0.1) is 0 Å². The van der Waals surface area contributed by atoms with Gasteiger partial charge in [-0.05, 0) is 64.2 Å². The summed E-state index contributed by atoms with van der Waals surface area (Å²) in [5, 5.41) is 13.1. The minimum absolute atomic E-state index is 0.259. The molecule has 0 aromatic carbocycles. The van der Waals surface area contributed by atoms with E-state index in [1.54, 1.807) is 0 Å². The molecule has 21 heavy (non-hydrogen) atoms. The van der Waals surface area contributed by atoms with E-state index >= 15 is 0 Å². The van der Waals surface area contributed by atoms with Crippen LogP contribution in [0.2, 0.25) is 0 Å². The van der Waals surface area contributed by atoms with Crippen molar-refractivity contribution >= 4 is 0 Å². The zero-order valence-electron chi connectivity index (χ0n) is 14.2. The third-order valence-electron chi connectivity index (χ3n) is 5.42. The van der Waals surface area contributed by atoms with Crippen molar-refractivity contribution in [1.29, 1.82) is 5.26 Å². The fourth-order valence-electron chi connectivity index (χ4n) is 4.05. The fourth-order valence-corrected chi connectivity index (χ4v) is 4.05. The highest BCUT2D eigenvalue weighted by Crippen LogP contribution is 2.35. The van der Waals surface area contributed by atoms with Crippen LogP contribution < -0.4 is 5.32 Å². The van der Waals surface area contributed by atoms with Crippen LogP contribution in [-0.4, -0.2) is 23.8 Å². The summed E-state index contributed by atoms with van der Waals surface area (Å²) in [6, 6.07) is 2.89. The van der Waals surface area contributed by atoms with Crippen LogP contribution in [0.25, 0.3) is 0 Å². The van der Waals surface area contributed by atoms with Crippen LogP contribution in [0.3, 0.4) is 0 Å². The third kappa shape index (κ3) is 4.44. The van der Waals surface area contributed by atoms with E-state index in [4.69, 9.17) is 4.74 Å². The summed E-state index contributed by atoms with van der Waals surface area (Å²) in [4.78, 5) is 0. The Kier molecular flexibility index (Phi) is 5.68. The normalized spacial score (nSPS) is 41.0. The molecule has 5 atom stereocenters. The molecule has 0 bridgehead atoms. The number of ether oxygens (including phenoxy) is 1. The highest BCUT2D eigenvalue weighted by atomic mass is 16.5. The van der Waals surface area contributed by atoms with Gasteiger partial charge in [0.15, 0.2) is 0 Å². The highest BCUT2D eigenvalue weighted by Gasteiger charge is 2.38. The lowest BCUT2D eigenvalue weighted by Gasteiger charge is -2.40. The van der Waals surface area contributed by atoms with Gasteiger partial charge in [0.2, 0.25) is 0 Å². The number of hydrogen-bond donors (Lipinski definition) is 1. The van der Waals surface area contributed by atoms with Gasteiger partial charge in [-0.2, -0.15) is 5.26 Å². The van der Waals surface area contributed by atoms with Gasteiger partial charge in [0.05, 0.1) is 18.3 Å². The van der Waals surface area contributed by atoms with Gasteiger partial charge in [-0.3, -0.25) is 5.32 Å². The minimum atomic E-state index is -0.370. The molecule has 2 saturated carbocycles. The van der Waals surface area contributed by atoms with Crippen LogP contribution in [-0.2, 0) is 4.74 Å². The average Bonchev–Trinajstić information content (AvgIpc) is 2.42. The fraction of sp³-hybridized carbons (Fsp3) is 0.944. The summed E-state index contributed by atoms with van der Waals surface area (Å²) in [5.41, 5.74) is -0.370. The lowest BCUT2D eigenvalue weighted by molar-refractivity contribution is -0.0702. The highest BCUT2D eigenvalue weighted by molar-refractivity contribution is 5.10. The summed E-state index contributed by atoms with van der Waals surface area (Å²) >= 11 is 0. The maximum absolute atomic E-state index is 9.62.